The number of benzene rings is 2. The molecule has 2 N–H and O–H groups in total. The molecule has 8 heteroatoms. The highest BCUT2D eigenvalue weighted by Gasteiger charge is 2.06. The summed E-state index contributed by atoms with van der Waals surface area (Å²) in [6.45, 7) is 0.534. The second-order valence-electron chi connectivity index (χ2n) is 5.22. The van der Waals surface area contributed by atoms with Gasteiger partial charge in [0.05, 0.1) is 6.54 Å². The van der Waals surface area contributed by atoms with E-state index in [-0.39, 0.29) is 0 Å². The topological polar surface area (TPSA) is 41.9 Å². The standard InChI is InChI=1S/C17H13Cl3N4S/c18-12-2-1-3-14(8-12)21-17(25)22-16-6-7-24(23-16)10-11-4-5-13(19)9-15(11)20/h1-9H,10H2,(H2,21,22,23,25). The summed E-state index contributed by atoms with van der Waals surface area (Å²) in [4.78, 5) is 0. The van der Waals surface area contributed by atoms with Crippen LogP contribution >= 0.6 is 47.0 Å². The van der Waals surface area contributed by atoms with Gasteiger partial charge in [-0.1, -0.05) is 46.9 Å². The molecule has 0 spiro atoms. The number of anilines is 2. The Morgan fingerprint density at radius 1 is 1.00 bits per heavy atom. The van der Waals surface area contributed by atoms with Gasteiger partial charge >= 0.3 is 0 Å². The van der Waals surface area contributed by atoms with Gasteiger partial charge in [-0.2, -0.15) is 5.10 Å². The lowest BCUT2D eigenvalue weighted by Gasteiger charge is -2.09. The van der Waals surface area contributed by atoms with Crippen LogP contribution < -0.4 is 10.6 Å². The molecular weight excluding hydrogens is 399 g/mol. The highest BCUT2D eigenvalue weighted by Crippen LogP contribution is 2.22. The number of thiocarbonyl (C=S) groups is 1. The first-order valence-corrected chi connectivity index (χ1v) is 8.85. The number of hydrogen-bond donors (Lipinski definition) is 2. The fraction of sp³-hybridized carbons (Fsp3) is 0.0588. The average Bonchev–Trinajstić information content (AvgIpc) is 2.97. The van der Waals surface area contributed by atoms with Crippen LogP contribution in [-0.4, -0.2) is 14.9 Å². The molecule has 0 saturated heterocycles. The zero-order valence-electron chi connectivity index (χ0n) is 12.8. The molecule has 0 aliphatic heterocycles. The van der Waals surface area contributed by atoms with Gasteiger partial charge in [-0.25, -0.2) is 0 Å². The Morgan fingerprint density at radius 2 is 1.80 bits per heavy atom. The summed E-state index contributed by atoms with van der Waals surface area (Å²) < 4.78 is 1.76. The maximum Gasteiger partial charge on any atom is 0.176 e. The van der Waals surface area contributed by atoms with Gasteiger partial charge in [0.15, 0.2) is 10.9 Å². The Labute approximate surface area is 165 Å². The van der Waals surface area contributed by atoms with E-state index in [0.29, 0.717) is 32.5 Å². The van der Waals surface area contributed by atoms with Crippen molar-refractivity contribution in [1.82, 2.24) is 9.78 Å². The average molecular weight is 412 g/mol. The molecule has 1 heterocycles. The van der Waals surface area contributed by atoms with Crippen LogP contribution in [0.4, 0.5) is 11.5 Å². The van der Waals surface area contributed by atoms with E-state index in [9.17, 15) is 0 Å². The van der Waals surface area contributed by atoms with E-state index in [1.165, 1.54) is 0 Å². The molecule has 0 aliphatic rings. The lowest BCUT2D eigenvalue weighted by Crippen LogP contribution is -2.19. The Hall–Kier alpha value is -1.79. The lowest BCUT2D eigenvalue weighted by atomic mass is 10.2. The van der Waals surface area contributed by atoms with Crippen LogP contribution in [0.1, 0.15) is 5.56 Å². The van der Waals surface area contributed by atoms with E-state index in [4.69, 9.17) is 47.0 Å². The van der Waals surface area contributed by atoms with Crippen LogP contribution in [0.3, 0.4) is 0 Å². The highest BCUT2D eigenvalue weighted by atomic mass is 35.5. The van der Waals surface area contributed by atoms with Gasteiger partial charge < -0.3 is 10.6 Å². The predicted octanol–water partition coefficient (Wildman–Crippen LogP) is 5.70. The van der Waals surface area contributed by atoms with E-state index < -0.39 is 0 Å². The summed E-state index contributed by atoms with van der Waals surface area (Å²) in [5, 5.41) is 12.8. The van der Waals surface area contributed by atoms with E-state index in [0.717, 1.165) is 11.3 Å². The number of nitrogens with zero attached hydrogens (tertiary/aromatic N) is 2. The lowest BCUT2D eigenvalue weighted by molar-refractivity contribution is 0.690. The van der Waals surface area contributed by atoms with Crippen LogP contribution in [0.5, 0.6) is 0 Å². The minimum absolute atomic E-state index is 0.428. The van der Waals surface area contributed by atoms with Crippen molar-refractivity contribution in [3.05, 3.63) is 75.4 Å². The fourth-order valence-corrected chi connectivity index (χ4v) is 3.07. The molecule has 0 radical (unpaired) electrons. The van der Waals surface area contributed by atoms with E-state index in [1.54, 1.807) is 28.9 Å². The summed E-state index contributed by atoms with van der Waals surface area (Å²) in [6.07, 6.45) is 1.84. The molecule has 2 aromatic carbocycles. The minimum atomic E-state index is 0.428. The summed E-state index contributed by atoms with van der Waals surface area (Å²) in [7, 11) is 0. The Bertz CT molecular complexity index is 910. The normalized spacial score (nSPS) is 10.5. The second kappa shape index (κ2) is 8.06. The third kappa shape index (κ3) is 5.09. The summed E-state index contributed by atoms with van der Waals surface area (Å²) in [5.41, 5.74) is 1.73. The van der Waals surface area contributed by atoms with Gasteiger partial charge in [0.2, 0.25) is 0 Å². The Balaban J connectivity index is 1.62. The number of halogens is 3. The molecule has 0 aliphatic carbocycles. The Morgan fingerprint density at radius 3 is 2.56 bits per heavy atom. The van der Waals surface area contributed by atoms with Crippen LogP contribution in [0, 0.1) is 0 Å². The Kier molecular flexibility index (Phi) is 5.81. The van der Waals surface area contributed by atoms with Crippen molar-refractivity contribution >= 4 is 63.6 Å². The molecule has 0 unspecified atom stereocenters. The number of nitrogens with one attached hydrogen (secondary N) is 2. The molecule has 25 heavy (non-hydrogen) atoms. The van der Waals surface area contributed by atoms with Gasteiger partial charge in [0.25, 0.3) is 0 Å². The summed E-state index contributed by atoms with van der Waals surface area (Å²) in [6, 6.07) is 14.5. The monoisotopic (exact) mass is 410 g/mol. The van der Waals surface area contributed by atoms with Crippen molar-refractivity contribution in [3.8, 4) is 0 Å². The molecule has 128 valence electrons. The molecule has 1 aromatic heterocycles. The van der Waals surface area contributed by atoms with Crippen molar-refractivity contribution in [3.63, 3.8) is 0 Å². The number of hydrogen-bond acceptors (Lipinski definition) is 2. The third-order valence-electron chi connectivity index (χ3n) is 3.31. The molecule has 4 nitrogen and oxygen atoms in total. The van der Waals surface area contributed by atoms with Crippen molar-refractivity contribution < 1.29 is 0 Å². The quantitative estimate of drug-likeness (QED) is 0.540. The first kappa shape index (κ1) is 18.0. The molecule has 0 saturated carbocycles. The second-order valence-corrected chi connectivity index (χ2v) is 6.91. The maximum atomic E-state index is 6.19. The summed E-state index contributed by atoms with van der Waals surface area (Å²) >= 11 is 23.3. The van der Waals surface area contributed by atoms with Crippen LogP contribution in [0.15, 0.2) is 54.7 Å². The smallest absolute Gasteiger partial charge is 0.176 e. The van der Waals surface area contributed by atoms with Gasteiger partial charge in [0.1, 0.15) is 0 Å². The third-order valence-corrected chi connectivity index (χ3v) is 4.34. The van der Waals surface area contributed by atoms with E-state index in [2.05, 4.69) is 15.7 Å². The molecule has 0 amide bonds. The van der Waals surface area contributed by atoms with Crippen molar-refractivity contribution in [2.24, 2.45) is 0 Å². The van der Waals surface area contributed by atoms with Crippen LogP contribution in [0.25, 0.3) is 0 Å². The molecule has 3 rings (SSSR count). The molecule has 0 bridgehead atoms. The minimum Gasteiger partial charge on any atom is -0.332 e. The summed E-state index contributed by atoms with van der Waals surface area (Å²) in [5.74, 6) is 0.629. The number of aromatic nitrogens is 2. The first-order chi connectivity index (χ1) is 12.0. The predicted molar refractivity (Wildman–Crippen MR) is 109 cm³/mol. The van der Waals surface area contributed by atoms with E-state index in [1.807, 2.05) is 30.5 Å². The SMILES string of the molecule is S=C(Nc1cccc(Cl)c1)Nc1ccn(Cc2ccc(Cl)cc2Cl)n1. The van der Waals surface area contributed by atoms with Gasteiger partial charge in [-0.15, -0.1) is 0 Å². The molecular formula is C17H13Cl3N4S. The fourth-order valence-electron chi connectivity index (χ4n) is 2.19. The zero-order chi connectivity index (χ0) is 17.8. The molecule has 0 atom stereocenters. The van der Waals surface area contributed by atoms with Crippen molar-refractivity contribution in [2.75, 3.05) is 10.6 Å². The molecule has 0 fully saturated rings. The number of rotatable bonds is 4. The zero-order valence-corrected chi connectivity index (χ0v) is 15.9. The van der Waals surface area contributed by atoms with Gasteiger partial charge in [0, 0.05) is 33.0 Å². The highest BCUT2D eigenvalue weighted by molar-refractivity contribution is 7.80. The van der Waals surface area contributed by atoms with Crippen LogP contribution in [0.2, 0.25) is 15.1 Å². The van der Waals surface area contributed by atoms with Gasteiger partial charge in [-0.05, 0) is 48.1 Å². The largest absolute Gasteiger partial charge is 0.332 e. The van der Waals surface area contributed by atoms with Crippen molar-refractivity contribution in [2.45, 2.75) is 6.54 Å². The van der Waals surface area contributed by atoms with E-state index >= 15 is 0 Å². The molecule has 3 aromatic rings. The van der Waals surface area contributed by atoms with Gasteiger partial charge in [-0.3, -0.25) is 4.68 Å². The maximum absolute atomic E-state index is 6.19. The van der Waals surface area contributed by atoms with Crippen LogP contribution in [-0.2, 0) is 6.54 Å². The first-order valence-electron chi connectivity index (χ1n) is 7.30. The van der Waals surface area contributed by atoms with Crippen molar-refractivity contribution in [1.29, 1.82) is 0 Å².